The minimum atomic E-state index is -0.690. The smallest absolute Gasteiger partial charge is 0.338 e. The molecule has 1 aliphatic heterocycles. The number of hydrogen-bond acceptors (Lipinski definition) is 8. The average molecular weight is 573 g/mol. The lowest BCUT2D eigenvalue weighted by atomic mass is 9.96. The first-order valence-corrected chi connectivity index (χ1v) is 14.6. The van der Waals surface area contributed by atoms with Crippen molar-refractivity contribution < 1.29 is 19.0 Å². The van der Waals surface area contributed by atoms with Gasteiger partial charge in [0.05, 0.1) is 36.1 Å². The molecule has 0 spiro atoms. The Bertz CT molecular complexity index is 1760. The molecule has 2 heterocycles. The maximum Gasteiger partial charge on any atom is 0.338 e. The Morgan fingerprint density at radius 3 is 2.45 bits per heavy atom. The third-order valence-electron chi connectivity index (χ3n) is 6.61. The van der Waals surface area contributed by atoms with Crippen molar-refractivity contribution >= 4 is 35.1 Å². The molecule has 9 heteroatoms. The Labute approximate surface area is 240 Å². The predicted molar refractivity (Wildman–Crippen MR) is 158 cm³/mol. The number of esters is 1. The van der Waals surface area contributed by atoms with Crippen LogP contribution in [0, 0.1) is 0 Å². The summed E-state index contributed by atoms with van der Waals surface area (Å²) in [5.74, 6) is 0.587. The van der Waals surface area contributed by atoms with Crippen LogP contribution in [0.2, 0.25) is 0 Å². The second kappa shape index (κ2) is 12.0. The number of thiazole rings is 1. The van der Waals surface area contributed by atoms with Gasteiger partial charge in [0.1, 0.15) is 6.61 Å². The van der Waals surface area contributed by atoms with Crippen LogP contribution in [0.15, 0.2) is 98.7 Å². The zero-order valence-corrected chi connectivity index (χ0v) is 24.2. The van der Waals surface area contributed by atoms with Gasteiger partial charge in [-0.05, 0) is 48.6 Å². The maximum atomic E-state index is 14.0. The summed E-state index contributed by atoms with van der Waals surface area (Å²) in [5, 5.41) is 0. The number of fused-ring (bicyclic) bond motifs is 1. The summed E-state index contributed by atoms with van der Waals surface area (Å²) in [6.45, 7) is 1.90. The van der Waals surface area contributed by atoms with Gasteiger partial charge in [0.15, 0.2) is 16.3 Å². The van der Waals surface area contributed by atoms with Crippen molar-refractivity contribution in [3.63, 3.8) is 0 Å². The van der Waals surface area contributed by atoms with Crippen LogP contribution in [0.3, 0.4) is 0 Å². The predicted octanol–water partition coefficient (Wildman–Crippen LogP) is 4.72. The molecule has 1 atom stereocenters. The third-order valence-corrected chi connectivity index (χ3v) is 8.33. The fourth-order valence-electron chi connectivity index (χ4n) is 4.65. The highest BCUT2D eigenvalue weighted by Gasteiger charge is 2.33. The first kappa shape index (κ1) is 27.5. The van der Waals surface area contributed by atoms with E-state index in [1.807, 2.05) is 73.0 Å². The Kier molecular flexibility index (Phi) is 8.23. The minimum Gasteiger partial charge on any atom is -0.493 e. The molecule has 3 aromatic carbocycles. The lowest BCUT2D eigenvalue weighted by Gasteiger charge is -2.25. The number of nitrogens with zero attached hydrogens (tertiary/aromatic N) is 2. The molecular formula is C31H28N2O5S2. The van der Waals surface area contributed by atoms with Crippen molar-refractivity contribution in [2.24, 2.45) is 4.99 Å². The number of methoxy groups -OCH3 is 2. The maximum absolute atomic E-state index is 14.0. The molecular weight excluding hydrogens is 544 g/mol. The van der Waals surface area contributed by atoms with Gasteiger partial charge < -0.3 is 14.2 Å². The normalized spacial score (nSPS) is 14.9. The second-order valence-corrected chi connectivity index (χ2v) is 10.9. The summed E-state index contributed by atoms with van der Waals surface area (Å²) in [6.07, 6.45) is 3.77. The molecule has 0 amide bonds. The molecule has 0 aliphatic carbocycles. The largest absolute Gasteiger partial charge is 0.493 e. The van der Waals surface area contributed by atoms with Gasteiger partial charge in [-0.1, -0.05) is 65.9 Å². The summed E-state index contributed by atoms with van der Waals surface area (Å²) >= 11 is 2.89. The van der Waals surface area contributed by atoms with E-state index in [0.717, 1.165) is 16.0 Å². The van der Waals surface area contributed by atoms with E-state index >= 15 is 0 Å². The third kappa shape index (κ3) is 5.35. The van der Waals surface area contributed by atoms with Gasteiger partial charge in [-0.15, -0.1) is 11.8 Å². The fraction of sp³-hybridized carbons (Fsp3) is 0.194. The van der Waals surface area contributed by atoms with Crippen LogP contribution in [-0.2, 0) is 16.1 Å². The van der Waals surface area contributed by atoms with Crippen LogP contribution in [-0.4, -0.2) is 31.0 Å². The highest BCUT2D eigenvalue weighted by atomic mass is 32.2. The van der Waals surface area contributed by atoms with E-state index in [0.29, 0.717) is 37.7 Å². The Morgan fingerprint density at radius 2 is 1.77 bits per heavy atom. The van der Waals surface area contributed by atoms with E-state index in [1.165, 1.54) is 11.3 Å². The topological polar surface area (TPSA) is 79.1 Å². The van der Waals surface area contributed by atoms with Crippen LogP contribution in [0.1, 0.15) is 29.7 Å². The number of benzene rings is 3. The first-order valence-electron chi connectivity index (χ1n) is 12.5. The van der Waals surface area contributed by atoms with E-state index in [2.05, 4.69) is 0 Å². The summed E-state index contributed by atoms with van der Waals surface area (Å²) in [7, 11) is 3.13. The van der Waals surface area contributed by atoms with E-state index < -0.39 is 12.0 Å². The van der Waals surface area contributed by atoms with Gasteiger partial charge in [0.25, 0.3) is 5.56 Å². The van der Waals surface area contributed by atoms with Crippen LogP contribution in [0.4, 0.5) is 0 Å². The molecule has 0 bridgehead atoms. The van der Waals surface area contributed by atoms with E-state index in [1.54, 1.807) is 49.6 Å². The monoisotopic (exact) mass is 572 g/mol. The number of thioether (sulfide) groups is 1. The number of para-hydroxylation sites is 1. The fourth-order valence-corrected chi connectivity index (χ4v) is 6.10. The Morgan fingerprint density at radius 1 is 1.02 bits per heavy atom. The highest BCUT2D eigenvalue weighted by Crippen LogP contribution is 2.33. The minimum absolute atomic E-state index is 0.120. The molecule has 40 heavy (non-hydrogen) atoms. The van der Waals surface area contributed by atoms with Crippen molar-refractivity contribution in [2.45, 2.75) is 24.5 Å². The quantitative estimate of drug-likeness (QED) is 0.225. The van der Waals surface area contributed by atoms with Crippen molar-refractivity contribution in [1.82, 2.24) is 4.57 Å². The number of aromatic nitrogens is 1. The lowest BCUT2D eigenvalue weighted by Crippen LogP contribution is -2.39. The van der Waals surface area contributed by atoms with Crippen molar-refractivity contribution in [3.8, 4) is 11.5 Å². The van der Waals surface area contributed by atoms with Gasteiger partial charge in [0, 0.05) is 10.5 Å². The number of carbonyl (C=O) groups excluding carboxylic acids is 1. The molecule has 0 N–H and O–H groups in total. The van der Waals surface area contributed by atoms with Crippen LogP contribution in [0.5, 0.6) is 11.5 Å². The molecule has 1 aliphatic rings. The highest BCUT2D eigenvalue weighted by molar-refractivity contribution is 7.98. The van der Waals surface area contributed by atoms with Gasteiger partial charge in [-0.25, -0.2) is 9.79 Å². The number of hydrogen-bond donors (Lipinski definition) is 0. The molecule has 5 rings (SSSR count). The van der Waals surface area contributed by atoms with Crippen LogP contribution < -0.4 is 24.4 Å². The molecule has 4 aromatic rings. The number of allylic oxidation sites excluding steroid dienone is 1. The second-order valence-electron chi connectivity index (χ2n) is 9.00. The van der Waals surface area contributed by atoms with Crippen molar-refractivity contribution in [1.29, 1.82) is 0 Å². The van der Waals surface area contributed by atoms with Crippen LogP contribution >= 0.6 is 23.1 Å². The molecule has 7 nitrogen and oxygen atoms in total. The number of ether oxygens (including phenoxy) is 3. The zero-order valence-electron chi connectivity index (χ0n) is 22.5. The van der Waals surface area contributed by atoms with Gasteiger partial charge in [0.2, 0.25) is 0 Å². The molecule has 1 unspecified atom stereocenters. The number of rotatable bonds is 8. The first-order chi connectivity index (χ1) is 19.4. The van der Waals surface area contributed by atoms with Gasteiger partial charge in [-0.3, -0.25) is 9.36 Å². The average Bonchev–Trinajstić information content (AvgIpc) is 3.29. The van der Waals surface area contributed by atoms with Gasteiger partial charge in [-0.2, -0.15) is 0 Å². The van der Waals surface area contributed by atoms with Crippen molar-refractivity contribution in [3.05, 3.63) is 120 Å². The SMILES string of the molecule is COc1cccc(C=c2sc3n(c2=O)C(c2ccc(SC)cc2)C(C(=O)OCc2ccccc2)=C(C)N=3)c1OC. The van der Waals surface area contributed by atoms with E-state index in [4.69, 9.17) is 19.2 Å². The molecule has 0 radical (unpaired) electrons. The zero-order chi connectivity index (χ0) is 28.2. The lowest BCUT2D eigenvalue weighted by molar-refractivity contribution is -0.140. The van der Waals surface area contributed by atoms with Crippen molar-refractivity contribution in [2.75, 3.05) is 20.5 Å². The molecule has 0 fully saturated rings. The standard InChI is InChI=1S/C31H28N2O5S2/c1-19-26(30(35)38-18-20-9-6-5-7-10-20)27(21-13-15-23(39-4)16-14-21)33-29(34)25(40-31(33)32-19)17-22-11-8-12-24(36-2)28(22)37-3/h5-17,27H,18H2,1-4H3. The molecule has 1 aromatic heterocycles. The summed E-state index contributed by atoms with van der Waals surface area (Å²) in [4.78, 5) is 33.8. The van der Waals surface area contributed by atoms with Gasteiger partial charge >= 0.3 is 5.97 Å². The van der Waals surface area contributed by atoms with Crippen LogP contribution in [0.25, 0.3) is 6.08 Å². The Balaban J connectivity index is 1.64. The molecule has 204 valence electrons. The van der Waals surface area contributed by atoms with E-state index in [9.17, 15) is 9.59 Å². The summed E-state index contributed by atoms with van der Waals surface area (Å²) in [6, 6.07) is 22.2. The molecule has 0 saturated carbocycles. The summed E-state index contributed by atoms with van der Waals surface area (Å²) in [5.41, 5.74) is 2.97. The summed E-state index contributed by atoms with van der Waals surface area (Å²) < 4.78 is 18.8. The molecule has 0 saturated heterocycles. The Hall–Kier alpha value is -4.08. The van der Waals surface area contributed by atoms with E-state index in [-0.39, 0.29) is 12.2 Å². The number of carbonyl (C=O) groups is 1.